The summed E-state index contributed by atoms with van der Waals surface area (Å²) in [4.78, 5) is 16.9. The van der Waals surface area contributed by atoms with Crippen LogP contribution in [0.4, 0.5) is 5.69 Å². The minimum absolute atomic E-state index is 0.149. The van der Waals surface area contributed by atoms with Gasteiger partial charge in [-0.15, -0.1) is 0 Å². The van der Waals surface area contributed by atoms with E-state index in [0.717, 1.165) is 11.1 Å². The molecule has 0 aliphatic carbocycles. The molecule has 0 spiro atoms. The summed E-state index contributed by atoms with van der Waals surface area (Å²) in [5.74, 6) is 1.73. The largest absolute Gasteiger partial charge is 0.454 e. The van der Waals surface area contributed by atoms with Crippen LogP contribution in [-0.4, -0.2) is 23.4 Å². The van der Waals surface area contributed by atoms with Gasteiger partial charge < -0.3 is 14.8 Å². The number of thioether (sulfide) groups is 1. The minimum Gasteiger partial charge on any atom is -0.454 e. The Morgan fingerprint density at radius 1 is 1.21 bits per heavy atom. The van der Waals surface area contributed by atoms with Crippen LogP contribution in [0.5, 0.6) is 11.5 Å². The highest BCUT2D eigenvalue weighted by Crippen LogP contribution is 2.37. The number of hydrogen-bond acceptors (Lipinski definition) is 6. The van der Waals surface area contributed by atoms with E-state index in [0.29, 0.717) is 33.5 Å². The highest BCUT2D eigenvalue weighted by atomic mass is 32.2. The van der Waals surface area contributed by atoms with Crippen molar-refractivity contribution in [2.45, 2.75) is 24.8 Å². The Morgan fingerprint density at radius 3 is 2.62 bits per heavy atom. The fourth-order valence-corrected chi connectivity index (χ4v) is 3.78. The van der Waals surface area contributed by atoms with Crippen LogP contribution in [-0.2, 0) is 4.79 Å². The van der Waals surface area contributed by atoms with E-state index in [1.807, 2.05) is 30.3 Å². The van der Waals surface area contributed by atoms with Crippen LogP contribution in [0.3, 0.4) is 0 Å². The summed E-state index contributed by atoms with van der Waals surface area (Å²) in [5, 5.41) is 13.7. The molecular formula is C22H19N3O3S. The maximum Gasteiger partial charge on any atom is 0.234 e. The van der Waals surface area contributed by atoms with Crippen molar-refractivity contribution in [2.24, 2.45) is 0 Å². The van der Waals surface area contributed by atoms with E-state index in [2.05, 4.69) is 30.2 Å². The van der Waals surface area contributed by atoms with Crippen molar-refractivity contribution in [2.75, 3.05) is 17.9 Å². The van der Waals surface area contributed by atoms with Crippen molar-refractivity contribution >= 4 is 34.3 Å². The van der Waals surface area contributed by atoms with Gasteiger partial charge >= 0.3 is 0 Å². The molecule has 1 aliphatic rings. The number of carbonyl (C=O) groups excluding carboxylic acids is 1. The number of rotatable bonds is 5. The molecule has 3 aromatic rings. The van der Waals surface area contributed by atoms with Crippen LogP contribution in [0.15, 0.2) is 47.5 Å². The molecule has 7 heteroatoms. The molecule has 0 saturated heterocycles. The molecular weight excluding hydrogens is 386 g/mol. The zero-order valence-electron chi connectivity index (χ0n) is 16.1. The number of aromatic nitrogens is 1. The van der Waals surface area contributed by atoms with Gasteiger partial charge in [0.05, 0.1) is 16.8 Å². The second-order valence-corrected chi connectivity index (χ2v) is 7.93. The molecule has 1 aliphatic heterocycles. The fraction of sp³-hybridized carbons (Fsp3) is 0.227. The summed E-state index contributed by atoms with van der Waals surface area (Å²) in [5.41, 5.74) is 3.09. The van der Waals surface area contributed by atoms with Crippen LogP contribution in [0.25, 0.3) is 10.9 Å². The Labute approximate surface area is 172 Å². The van der Waals surface area contributed by atoms with E-state index >= 15 is 0 Å². The van der Waals surface area contributed by atoms with Crippen molar-refractivity contribution in [3.63, 3.8) is 0 Å². The molecule has 1 amide bonds. The molecule has 146 valence electrons. The van der Waals surface area contributed by atoms with E-state index in [1.165, 1.54) is 17.3 Å². The third-order valence-corrected chi connectivity index (χ3v) is 5.59. The number of nitrogens with zero attached hydrogens (tertiary/aromatic N) is 2. The number of hydrogen-bond donors (Lipinski definition) is 1. The van der Waals surface area contributed by atoms with Crippen molar-refractivity contribution in [1.29, 1.82) is 5.26 Å². The first-order chi connectivity index (χ1) is 14.0. The zero-order chi connectivity index (χ0) is 20.4. The molecule has 1 aromatic heterocycles. The number of pyridine rings is 1. The Hall–Kier alpha value is -3.24. The molecule has 0 bridgehead atoms. The van der Waals surface area contributed by atoms with Crippen LogP contribution in [0, 0.1) is 11.3 Å². The molecule has 0 atom stereocenters. The predicted octanol–water partition coefficient (Wildman–Crippen LogP) is 4.69. The highest BCUT2D eigenvalue weighted by Gasteiger charge is 2.17. The van der Waals surface area contributed by atoms with E-state index in [9.17, 15) is 10.1 Å². The first-order valence-electron chi connectivity index (χ1n) is 9.20. The van der Waals surface area contributed by atoms with Gasteiger partial charge in [0, 0.05) is 17.1 Å². The van der Waals surface area contributed by atoms with Gasteiger partial charge in [-0.05, 0) is 35.7 Å². The van der Waals surface area contributed by atoms with Crippen molar-refractivity contribution < 1.29 is 14.3 Å². The topological polar surface area (TPSA) is 84.2 Å². The first-order valence-corrected chi connectivity index (χ1v) is 10.2. The minimum atomic E-state index is -0.149. The van der Waals surface area contributed by atoms with Crippen molar-refractivity contribution in [1.82, 2.24) is 4.98 Å². The number of ether oxygens (including phenoxy) is 2. The Morgan fingerprint density at radius 2 is 1.93 bits per heavy atom. The number of benzene rings is 2. The fourth-order valence-electron chi connectivity index (χ4n) is 3.02. The second-order valence-electron chi connectivity index (χ2n) is 6.96. The second kappa shape index (κ2) is 8.02. The lowest BCUT2D eigenvalue weighted by Crippen LogP contribution is -2.14. The summed E-state index contributed by atoms with van der Waals surface area (Å²) in [7, 11) is 0. The van der Waals surface area contributed by atoms with Gasteiger partial charge in [0.1, 0.15) is 11.1 Å². The molecule has 0 radical (unpaired) electrons. The lowest BCUT2D eigenvalue weighted by molar-refractivity contribution is -0.113. The standard InChI is InChI=1S/C22H19N3O3S/c1-13(2)14-3-5-17(6-4-14)24-21(26)11-29-22-16(10-23)7-15-8-19-20(28-12-27-19)9-18(15)25-22/h3-9,13H,11-12H2,1-2H3,(H,24,26). The van der Waals surface area contributed by atoms with Crippen LogP contribution in [0.1, 0.15) is 30.9 Å². The molecule has 0 saturated carbocycles. The highest BCUT2D eigenvalue weighted by molar-refractivity contribution is 8.00. The average molecular weight is 405 g/mol. The van der Waals surface area contributed by atoms with Crippen molar-refractivity contribution in [3.05, 3.63) is 53.6 Å². The van der Waals surface area contributed by atoms with Gasteiger partial charge in [-0.1, -0.05) is 37.7 Å². The smallest absolute Gasteiger partial charge is 0.234 e. The number of nitriles is 1. The summed E-state index contributed by atoms with van der Waals surface area (Å²) in [6.07, 6.45) is 0. The van der Waals surface area contributed by atoms with E-state index in [4.69, 9.17) is 9.47 Å². The SMILES string of the molecule is CC(C)c1ccc(NC(=O)CSc2nc3cc4c(cc3cc2C#N)OCO4)cc1. The molecule has 6 nitrogen and oxygen atoms in total. The first kappa shape index (κ1) is 19.1. The molecule has 29 heavy (non-hydrogen) atoms. The molecule has 2 aromatic carbocycles. The van der Waals surface area contributed by atoms with Gasteiger partial charge in [-0.2, -0.15) is 5.26 Å². The van der Waals surface area contributed by atoms with Crippen LogP contribution in [0.2, 0.25) is 0 Å². The normalized spacial score (nSPS) is 12.2. The summed E-state index contributed by atoms with van der Waals surface area (Å²) >= 11 is 1.24. The van der Waals surface area contributed by atoms with Gasteiger partial charge in [0.15, 0.2) is 11.5 Å². The Bertz CT molecular complexity index is 1120. The number of amides is 1. The van der Waals surface area contributed by atoms with Crippen molar-refractivity contribution in [3.8, 4) is 17.6 Å². The quantitative estimate of drug-likeness (QED) is 0.620. The molecule has 4 rings (SSSR count). The van der Waals surface area contributed by atoms with Gasteiger partial charge in [0.25, 0.3) is 0 Å². The molecule has 2 heterocycles. The van der Waals surface area contributed by atoms with Crippen LogP contribution < -0.4 is 14.8 Å². The van der Waals surface area contributed by atoms with Crippen LogP contribution >= 0.6 is 11.8 Å². The molecule has 0 fully saturated rings. The zero-order valence-corrected chi connectivity index (χ0v) is 16.9. The number of carbonyl (C=O) groups is 1. The lowest BCUT2D eigenvalue weighted by atomic mass is 10.0. The van der Waals surface area contributed by atoms with E-state index in [-0.39, 0.29) is 18.5 Å². The van der Waals surface area contributed by atoms with E-state index < -0.39 is 0 Å². The molecule has 0 unspecified atom stereocenters. The number of anilines is 1. The van der Waals surface area contributed by atoms with E-state index in [1.54, 1.807) is 12.1 Å². The maximum absolute atomic E-state index is 12.3. The number of nitrogens with one attached hydrogen (secondary N) is 1. The van der Waals surface area contributed by atoms with Gasteiger partial charge in [-0.3, -0.25) is 4.79 Å². The lowest BCUT2D eigenvalue weighted by Gasteiger charge is -2.09. The Balaban J connectivity index is 1.47. The summed E-state index contributed by atoms with van der Waals surface area (Å²) < 4.78 is 10.8. The third-order valence-electron chi connectivity index (χ3n) is 4.60. The van der Waals surface area contributed by atoms with Gasteiger partial charge in [0.2, 0.25) is 12.7 Å². The summed E-state index contributed by atoms with van der Waals surface area (Å²) in [6, 6.07) is 15.3. The number of fused-ring (bicyclic) bond motifs is 2. The predicted molar refractivity (Wildman–Crippen MR) is 112 cm³/mol. The summed E-state index contributed by atoms with van der Waals surface area (Å²) in [6.45, 7) is 4.43. The maximum atomic E-state index is 12.3. The monoisotopic (exact) mass is 405 g/mol. The van der Waals surface area contributed by atoms with Gasteiger partial charge in [-0.25, -0.2) is 4.98 Å². The third kappa shape index (κ3) is 4.13. The average Bonchev–Trinajstić information content (AvgIpc) is 3.17. The Kier molecular flexibility index (Phi) is 5.28. The molecule has 1 N–H and O–H groups in total.